The number of amides is 1. The van der Waals surface area contributed by atoms with E-state index < -0.39 is 16.5 Å². The zero-order valence-electron chi connectivity index (χ0n) is 9.01. The third-order valence-electron chi connectivity index (χ3n) is 2.73. The molecule has 0 bridgehead atoms. The number of carbonyl (C=O) groups excluding carboxylic acids is 1. The highest BCUT2D eigenvalue weighted by Gasteiger charge is 2.35. The van der Waals surface area contributed by atoms with Crippen LogP contribution in [0, 0.1) is 16.0 Å². The van der Waals surface area contributed by atoms with E-state index in [2.05, 4.69) is 10.3 Å². The first-order chi connectivity index (χ1) is 8.00. The highest BCUT2D eigenvalue weighted by Crippen LogP contribution is 2.31. The number of nitro groups is 1. The molecule has 1 amide bonds. The number of rotatable bonds is 3. The van der Waals surface area contributed by atoms with Crippen molar-refractivity contribution in [2.45, 2.75) is 19.4 Å². The molecular formula is C10H10ClN3O3. The second kappa shape index (κ2) is 4.29. The molecule has 7 heteroatoms. The SMILES string of the molecule is CC1CC1NC(=O)c1ccnc(Cl)c1[N+](=O)[O-]. The molecule has 1 N–H and O–H groups in total. The lowest BCUT2D eigenvalue weighted by molar-refractivity contribution is -0.385. The summed E-state index contributed by atoms with van der Waals surface area (Å²) in [7, 11) is 0. The van der Waals surface area contributed by atoms with E-state index in [1.165, 1.54) is 12.3 Å². The van der Waals surface area contributed by atoms with Gasteiger partial charge in [0.2, 0.25) is 5.15 Å². The molecule has 2 rings (SSSR count). The molecule has 2 unspecified atom stereocenters. The topological polar surface area (TPSA) is 85.1 Å². The first kappa shape index (κ1) is 11.8. The smallest absolute Gasteiger partial charge is 0.319 e. The van der Waals surface area contributed by atoms with Crippen molar-refractivity contribution in [3.8, 4) is 0 Å². The van der Waals surface area contributed by atoms with Crippen LogP contribution >= 0.6 is 11.6 Å². The van der Waals surface area contributed by atoms with E-state index in [1.807, 2.05) is 6.92 Å². The number of carbonyl (C=O) groups is 1. The zero-order valence-corrected chi connectivity index (χ0v) is 9.77. The summed E-state index contributed by atoms with van der Waals surface area (Å²) < 4.78 is 0. The predicted molar refractivity (Wildman–Crippen MR) is 60.9 cm³/mol. The Morgan fingerprint density at radius 1 is 1.71 bits per heavy atom. The van der Waals surface area contributed by atoms with Gasteiger partial charge in [0.25, 0.3) is 5.91 Å². The van der Waals surface area contributed by atoms with Gasteiger partial charge in [0.15, 0.2) is 0 Å². The van der Waals surface area contributed by atoms with Gasteiger partial charge in [-0.05, 0) is 18.4 Å². The van der Waals surface area contributed by atoms with Crippen LogP contribution < -0.4 is 5.32 Å². The molecule has 2 atom stereocenters. The Kier molecular flexibility index (Phi) is 2.97. The fourth-order valence-electron chi connectivity index (χ4n) is 1.55. The normalized spacial score (nSPS) is 22.0. The van der Waals surface area contributed by atoms with Gasteiger partial charge in [0.1, 0.15) is 5.56 Å². The zero-order chi connectivity index (χ0) is 12.6. The molecule has 90 valence electrons. The van der Waals surface area contributed by atoms with E-state index >= 15 is 0 Å². The molecular weight excluding hydrogens is 246 g/mol. The minimum Gasteiger partial charge on any atom is -0.349 e. The standard InChI is InChI=1S/C10H10ClN3O3/c1-5-4-7(5)13-10(15)6-2-3-12-9(11)8(6)14(16)17/h2-3,5,7H,4H2,1H3,(H,13,15). The quantitative estimate of drug-likeness (QED) is 0.507. The van der Waals surface area contributed by atoms with Crippen molar-refractivity contribution >= 4 is 23.2 Å². The molecule has 0 spiro atoms. The minimum absolute atomic E-state index is 0.0471. The van der Waals surface area contributed by atoms with Gasteiger partial charge in [-0.1, -0.05) is 18.5 Å². The van der Waals surface area contributed by atoms with Gasteiger partial charge in [0, 0.05) is 12.2 Å². The Morgan fingerprint density at radius 3 is 2.88 bits per heavy atom. The minimum atomic E-state index is -0.694. The van der Waals surface area contributed by atoms with Crippen molar-refractivity contribution in [2.75, 3.05) is 0 Å². The van der Waals surface area contributed by atoms with Gasteiger partial charge >= 0.3 is 5.69 Å². The first-order valence-electron chi connectivity index (χ1n) is 5.10. The number of nitrogens with one attached hydrogen (secondary N) is 1. The lowest BCUT2D eigenvalue weighted by atomic mass is 10.2. The Labute approximate surface area is 102 Å². The molecule has 0 aromatic carbocycles. The van der Waals surface area contributed by atoms with E-state index in [0.717, 1.165) is 6.42 Å². The molecule has 1 fully saturated rings. The van der Waals surface area contributed by atoms with E-state index in [-0.39, 0.29) is 16.8 Å². The number of halogens is 1. The second-order valence-corrected chi connectivity index (χ2v) is 4.41. The molecule has 17 heavy (non-hydrogen) atoms. The third-order valence-corrected chi connectivity index (χ3v) is 3.01. The van der Waals surface area contributed by atoms with Crippen LogP contribution in [0.2, 0.25) is 5.15 Å². The molecule has 1 aromatic rings. The van der Waals surface area contributed by atoms with Crippen LogP contribution in [0.5, 0.6) is 0 Å². The van der Waals surface area contributed by atoms with Crippen LogP contribution in [0.1, 0.15) is 23.7 Å². The average molecular weight is 256 g/mol. The Hall–Kier alpha value is -1.69. The predicted octanol–water partition coefficient (Wildman–Crippen LogP) is 1.78. The van der Waals surface area contributed by atoms with Crippen molar-refractivity contribution < 1.29 is 9.72 Å². The number of hydrogen-bond acceptors (Lipinski definition) is 4. The largest absolute Gasteiger partial charge is 0.349 e. The highest BCUT2D eigenvalue weighted by atomic mass is 35.5. The van der Waals surface area contributed by atoms with Gasteiger partial charge in [-0.25, -0.2) is 4.98 Å². The number of pyridine rings is 1. The summed E-state index contributed by atoms with van der Waals surface area (Å²) in [6, 6.07) is 1.40. The maximum atomic E-state index is 11.8. The Balaban J connectivity index is 2.28. The number of hydrogen-bond donors (Lipinski definition) is 1. The van der Waals surface area contributed by atoms with Gasteiger partial charge in [0.05, 0.1) is 4.92 Å². The van der Waals surface area contributed by atoms with Crippen LogP contribution in [0.3, 0.4) is 0 Å². The first-order valence-corrected chi connectivity index (χ1v) is 5.48. The van der Waals surface area contributed by atoms with E-state index in [9.17, 15) is 14.9 Å². The molecule has 0 radical (unpaired) electrons. The Bertz CT molecular complexity index is 492. The summed E-state index contributed by atoms with van der Waals surface area (Å²) in [5.74, 6) is -0.0503. The van der Waals surface area contributed by atoms with Crippen LogP contribution in [0.25, 0.3) is 0 Å². The molecule has 1 aliphatic rings. The molecule has 1 aliphatic carbocycles. The highest BCUT2D eigenvalue weighted by molar-refractivity contribution is 6.32. The van der Waals surface area contributed by atoms with Gasteiger partial charge in [-0.3, -0.25) is 14.9 Å². The fraction of sp³-hybridized carbons (Fsp3) is 0.400. The lowest BCUT2D eigenvalue weighted by Gasteiger charge is -2.04. The summed E-state index contributed by atoms with van der Waals surface area (Å²) in [5.41, 5.74) is -0.492. The maximum absolute atomic E-state index is 11.8. The third kappa shape index (κ3) is 2.36. The summed E-state index contributed by atoms with van der Waals surface area (Å²) in [5, 5.41) is 13.3. The summed E-state index contributed by atoms with van der Waals surface area (Å²) in [4.78, 5) is 25.5. The van der Waals surface area contributed by atoms with Crippen molar-refractivity contribution in [2.24, 2.45) is 5.92 Å². The molecule has 1 aromatic heterocycles. The average Bonchev–Trinajstić information content (AvgIpc) is 2.93. The molecule has 0 aliphatic heterocycles. The van der Waals surface area contributed by atoms with Crippen LogP contribution in [-0.2, 0) is 0 Å². The van der Waals surface area contributed by atoms with Crippen molar-refractivity contribution in [1.82, 2.24) is 10.3 Å². The second-order valence-electron chi connectivity index (χ2n) is 4.05. The summed E-state index contributed by atoms with van der Waals surface area (Å²) in [6.07, 6.45) is 2.18. The summed E-state index contributed by atoms with van der Waals surface area (Å²) in [6.45, 7) is 2.00. The Morgan fingerprint density at radius 2 is 2.35 bits per heavy atom. The molecule has 6 nitrogen and oxygen atoms in total. The number of aromatic nitrogens is 1. The lowest BCUT2D eigenvalue weighted by Crippen LogP contribution is -2.27. The van der Waals surface area contributed by atoms with Crippen LogP contribution in [0.4, 0.5) is 5.69 Å². The van der Waals surface area contributed by atoms with E-state index in [4.69, 9.17) is 11.6 Å². The molecule has 1 heterocycles. The van der Waals surface area contributed by atoms with Gasteiger partial charge < -0.3 is 5.32 Å². The molecule has 1 saturated carbocycles. The van der Waals surface area contributed by atoms with Crippen LogP contribution in [0.15, 0.2) is 12.3 Å². The summed E-state index contributed by atoms with van der Waals surface area (Å²) >= 11 is 5.62. The van der Waals surface area contributed by atoms with E-state index in [0.29, 0.717) is 5.92 Å². The van der Waals surface area contributed by atoms with Crippen molar-refractivity contribution in [3.05, 3.63) is 33.1 Å². The van der Waals surface area contributed by atoms with Crippen molar-refractivity contribution in [1.29, 1.82) is 0 Å². The maximum Gasteiger partial charge on any atom is 0.319 e. The van der Waals surface area contributed by atoms with Crippen LogP contribution in [-0.4, -0.2) is 21.9 Å². The molecule has 0 saturated heterocycles. The van der Waals surface area contributed by atoms with Crippen molar-refractivity contribution in [3.63, 3.8) is 0 Å². The monoisotopic (exact) mass is 255 g/mol. The van der Waals surface area contributed by atoms with E-state index in [1.54, 1.807) is 0 Å². The fourth-order valence-corrected chi connectivity index (χ4v) is 1.78. The van der Waals surface area contributed by atoms with Gasteiger partial charge in [-0.15, -0.1) is 0 Å². The van der Waals surface area contributed by atoms with Gasteiger partial charge in [-0.2, -0.15) is 0 Å². The number of nitrogens with zero attached hydrogens (tertiary/aromatic N) is 2.